The molecule has 0 saturated heterocycles. The van der Waals surface area contributed by atoms with Crippen molar-refractivity contribution in [1.29, 1.82) is 0 Å². The maximum Gasteiger partial charge on any atom is 0.346 e. The number of carbonyl (C=O) groups is 2. The Balaban J connectivity index is 1.92. The van der Waals surface area contributed by atoms with E-state index in [0.29, 0.717) is 22.0 Å². The number of amides is 1. The molecule has 2 heterocycles. The van der Waals surface area contributed by atoms with E-state index in [-0.39, 0.29) is 35.7 Å². The summed E-state index contributed by atoms with van der Waals surface area (Å²) in [6.07, 6.45) is 0. The molecule has 9 heteroatoms. The number of esters is 1. The molecular formula is C21H20ClN3O5. The van der Waals surface area contributed by atoms with Gasteiger partial charge in [-0.25, -0.2) is 4.79 Å². The summed E-state index contributed by atoms with van der Waals surface area (Å²) in [5.74, 6) is -1.23. The second-order valence-corrected chi connectivity index (χ2v) is 7.01. The molecular weight excluding hydrogens is 410 g/mol. The molecule has 0 radical (unpaired) electrons. The first-order valence-electron chi connectivity index (χ1n) is 9.20. The van der Waals surface area contributed by atoms with Gasteiger partial charge in [0.15, 0.2) is 11.0 Å². The van der Waals surface area contributed by atoms with Crippen LogP contribution in [0.5, 0.6) is 0 Å². The molecule has 0 unspecified atom stereocenters. The van der Waals surface area contributed by atoms with Crippen LogP contribution in [0, 0.1) is 13.8 Å². The van der Waals surface area contributed by atoms with Crippen molar-refractivity contribution in [2.45, 2.75) is 27.3 Å². The maximum atomic E-state index is 12.6. The molecule has 1 aromatic carbocycles. The molecule has 0 bridgehead atoms. The molecule has 3 rings (SSSR count). The van der Waals surface area contributed by atoms with Crippen molar-refractivity contribution in [1.82, 2.24) is 9.72 Å². The van der Waals surface area contributed by atoms with Gasteiger partial charge in [0.1, 0.15) is 12.2 Å². The van der Waals surface area contributed by atoms with Crippen molar-refractivity contribution in [2.75, 3.05) is 11.9 Å². The fraction of sp³-hybridized carbons (Fsp3) is 0.238. The summed E-state index contributed by atoms with van der Waals surface area (Å²) in [6.45, 7) is 5.22. The number of hydrogen-bond donors (Lipinski definition) is 1. The molecule has 0 atom stereocenters. The molecule has 0 spiro atoms. The fourth-order valence-electron chi connectivity index (χ4n) is 3.02. The highest BCUT2D eigenvalue weighted by Gasteiger charge is 2.26. The van der Waals surface area contributed by atoms with Crippen LogP contribution in [0.15, 0.2) is 45.7 Å². The zero-order valence-corrected chi connectivity index (χ0v) is 17.4. The SMILES string of the molecule is CCOC(=O)c1c(-c2ccc(Cl)cc2)noc1NC(=O)Cn1c(C)cc(=O)cc1C. The van der Waals surface area contributed by atoms with E-state index in [2.05, 4.69) is 10.5 Å². The van der Waals surface area contributed by atoms with E-state index in [1.807, 2.05) is 0 Å². The summed E-state index contributed by atoms with van der Waals surface area (Å²) in [4.78, 5) is 36.7. The molecule has 3 aromatic rings. The summed E-state index contributed by atoms with van der Waals surface area (Å²) in [5.41, 5.74) is 1.98. The van der Waals surface area contributed by atoms with E-state index < -0.39 is 11.9 Å². The van der Waals surface area contributed by atoms with Crippen molar-refractivity contribution < 1.29 is 18.8 Å². The highest BCUT2D eigenvalue weighted by atomic mass is 35.5. The number of pyridine rings is 1. The topological polar surface area (TPSA) is 103 Å². The molecule has 8 nitrogen and oxygen atoms in total. The largest absolute Gasteiger partial charge is 0.462 e. The van der Waals surface area contributed by atoms with Gasteiger partial charge in [0, 0.05) is 34.1 Å². The lowest BCUT2D eigenvalue weighted by atomic mass is 10.1. The average Bonchev–Trinajstić information content (AvgIpc) is 3.09. The Bertz CT molecular complexity index is 1120. The van der Waals surface area contributed by atoms with Gasteiger partial charge in [-0.15, -0.1) is 0 Å². The predicted octanol–water partition coefficient (Wildman–Crippen LogP) is 3.59. The van der Waals surface area contributed by atoms with Crippen LogP contribution in [0.25, 0.3) is 11.3 Å². The Labute approximate surface area is 177 Å². The van der Waals surface area contributed by atoms with Crippen molar-refractivity contribution in [3.05, 3.63) is 68.6 Å². The minimum Gasteiger partial charge on any atom is -0.462 e. The lowest BCUT2D eigenvalue weighted by molar-refractivity contribution is -0.116. The van der Waals surface area contributed by atoms with E-state index in [0.717, 1.165) is 0 Å². The van der Waals surface area contributed by atoms with Gasteiger partial charge in [-0.3, -0.25) is 14.9 Å². The van der Waals surface area contributed by atoms with Crippen LogP contribution < -0.4 is 10.7 Å². The second kappa shape index (κ2) is 8.96. The van der Waals surface area contributed by atoms with E-state index in [1.165, 1.54) is 12.1 Å². The van der Waals surface area contributed by atoms with Crippen molar-refractivity contribution in [2.24, 2.45) is 0 Å². The molecule has 2 aromatic heterocycles. The normalized spacial score (nSPS) is 10.7. The van der Waals surface area contributed by atoms with Crippen LogP contribution in [0.3, 0.4) is 0 Å². The zero-order chi connectivity index (χ0) is 21.8. The Kier molecular flexibility index (Phi) is 6.37. The molecule has 0 fully saturated rings. The Morgan fingerprint density at radius 3 is 2.40 bits per heavy atom. The molecule has 0 aliphatic heterocycles. The van der Waals surface area contributed by atoms with Crippen LogP contribution in [0.4, 0.5) is 5.88 Å². The quantitative estimate of drug-likeness (QED) is 0.600. The number of nitrogens with one attached hydrogen (secondary N) is 1. The third-order valence-corrected chi connectivity index (χ3v) is 4.65. The van der Waals surface area contributed by atoms with Gasteiger partial charge >= 0.3 is 5.97 Å². The molecule has 0 aliphatic carbocycles. The molecule has 0 aliphatic rings. The van der Waals surface area contributed by atoms with Gasteiger partial charge in [0.05, 0.1) is 6.61 Å². The number of anilines is 1. The van der Waals surface area contributed by atoms with Crippen molar-refractivity contribution in [3.8, 4) is 11.3 Å². The molecule has 0 saturated carbocycles. The number of halogens is 1. The Hall–Kier alpha value is -3.39. The van der Waals surface area contributed by atoms with E-state index in [9.17, 15) is 14.4 Å². The first kappa shape index (κ1) is 21.3. The number of nitrogens with zero attached hydrogens (tertiary/aromatic N) is 2. The Morgan fingerprint density at radius 2 is 1.80 bits per heavy atom. The molecule has 30 heavy (non-hydrogen) atoms. The maximum absolute atomic E-state index is 12.6. The highest BCUT2D eigenvalue weighted by molar-refractivity contribution is 6.30. The average molecular weight is 430 g/mol. The first-order chi connectivity index (χ1) is 14.3. The number of benzene rings is 1. The van der Waals surface area contributed by atoms with Gasteiger partial charge in [0.25, 0.3) is 0 Å². The third kappa shape index (κ3) is 4.60. The zero-order valence-electron chi connectivity index (χ0n) is 16.7. The van der Waals surface area contributed by atoms with Crippen molar-refractivity contribution in [3.63, 3.8) is 0 Å². The highest BCUT2D eigenvalue weighted by Crippen LogP contribution is 2.30. The van der Waals surface area contributed by atoms with Gasteiger partial charge < -0.3 is 13.8 Å². The number of aryl methyl sites for hydroxylation is 2. The fourth-order valence-corrected chi connectivity index (χ4v) is 3.15. The van der Waals surface area contributed by atoms with Crippen LogP contribution in [-0.4, -0.2) is 28.2 Å². The predicted molar refractivity (Wildman–Crippen MR) is 112 cm³/mol. The van der Waals surface area contributed by atoms with E-state index in [4.69, 9.17) is 20.9 Å². The summed E-state index contributed by atoms with van der Waals surface area (Å²) in [6, 6.07) is 9.55. The second-order valence-electron chi connectivity index (χ2n) is 6.57. The van der Waals surface area contributed by atoms with Gasteiger partial charge in [-0.05, 0) is 32.9 Å². The number of rotatable bonds is 6. The monoisotopic (exact) mass is 429 g/mol. The summed E-state index contributed by atoms with van der Waals surface area (Å²) < 4.78 is 12.0. The van der Waals surface area contributed by atoms with E-state index in [1.54, 1.807) is 49.6 Å². The smallest absolute Gasteiger partial charge is 0.346 e. The third-order valence-electron chi connectivity index (χ3n) is 4.40. The van der Waals surface area contributed by atoms with Crippen LogP contribution in [-0.2, 0) is 16.1 Å². The minimum atomic E-state index is -0.672. The standard InChI is InChI=1S/C21H20ClN3O5/c1-4-29-21(28)18-19(14-5-7-15(22)8-6-14)24-30-20(18)23-17(27)11-25-12(2)9-16(26)10-13(25)3/h5-10H,4,11H2,1-3H3,(H,23,27). The minimum absolute atomic E-state index is 0.0147. The molecule has 1 amide bonds. The van der Waals surface area contributed by atoms with Crippen molar-refractivity contribution >= 4 is 29.4 Å². The molecule has 1 N–H and O–H groups in total. The Morgan fingerprint density at radius 1 is 1.17 bits per heavy atom. The summed E-state index contributed by atoms with van der Waals surface area (Å²) in [7, 11) is 0. The summed E-state index contributed by atoms with van der Waals surface area (Å²) >= 11 is 5.92. The number of aromatic nitrogens is 2. The number of hydrogen-bond acceptors (Lipinski definition) is 6. The van der Waals surface area contributed by atoms with E-state index >= 15 is 0 Å². The van der Waals surface area contributed by atoms with Crippen LogP contribution in [0.2, 0.25) is 5.02 Å². The lowest BCUT2D eigenvalue weighted by Crippen LogP contribution is -2.23. The molecule has 156 valence electrons. The number of ether oxygens (including phenoxy) is 1. The van der Waals surface area contributed by atoms with Gasteiger partial charge in [0.2, 0.25) is 11.8 Å². The van der Waals surface area contributed by atoms with Gasteiger partial charge in [-0.2, -0.15) is 0 Å². The first-order valence-corrected chi connectivity index (χ1v) is 9.58. The number of carbonyl (C=O) groups excluding carboxylic acids is 2. The van der Waals surface area contributed by atoms with Crippen LogP contribution >= 0.6 is 11.6 Å². The lowest BCUT2D eigenvalue weighted by Gasteiger charge is -2.13. The van der Waals surface area contributed by atoms with Crippen LogP contribution in [0.1, 0.15) is 28.7 Å². The summed E-state index contributed by atoms with van der Waals surface area (Å²) in [5, 5.41) is 7.05. The van der Waals surface area contributed by atoms with Gasteiger partial charge in [-0.1, -0.05) is 28.9 Å².